The fraction of sp³-hybridized carbons (Fsp3) is 0.429. The minimum absolute atomic E-state index is 0.0284. The van der Waals surface area contributed by atoms with Crippen molar-refractivity contribution in [2.75, 3.05) is 6.54 Å². The third kappa shape index (κ3) is 4.30. The quantitative estimate of drug-likeness (QED) is 0.785. The maximum Gasteiger partial charge on any atom is 0.234 e. The zero-order valence-corrected chi connectivity index (χ0v) is 10.8. The number of carbonyl (C=O) groups excluding carboxylic acids is 2. The maximum atomic E-state index is 12.0. The van der Waals surface area contributed by atoms with Crippen LogP contribution in [-0.2, 0) is 16.0 Å². The minimum atomic E-state index is -0.497. The van der Waals surface area contributed by atoms with Gasteiger partial charge in [0.15, 0.2) is 5.78 Å². The van der Waals surface area contributed by atoms with E-state index in [1.807, 2.05) is 44.2 Å². The number of nitrogens with one attached hydrogen (secondary N) is 1. The summed E-state index contributed by atoms with van der Waals surface area (Å²) in [6.45, 7) is 3.56. The Morgan fingerprint density at radius 3 is 2.33 bits per heavy atom. The van der Waals surface area contributed by atoms with Crippen LogP contribution in [0.5, 0.6) is 0 Å². The molecular formula is C14H20N2O2. The number of carbonyl (C=O) groups is 2. The van der Waals surface area contributed by atoms with Gasteiger partial charge in [0.2, 0.25) is 5.91 Å². The molecule has 3 N–H and O–H groups in total. The highest BCUT2D eigenvalue weighted by atomic mass is 16.2. The predicted molar refractivity (Wildman–Crippen MR) is 71.0 cm³/mol. The van der Waals surface area contributed by atoms with Gasteiger partial charge in [0.25, 0.3) is 0 Å². The van der Waals surface area contributed by atoms with Crippen LogP contribution in [0.1, 0.15) is 19.4 Å². The number of rotatable bonds is 6. The molecule has 0 radical (unpaired) electrons. The van der Waals surface area contributed by atoms with Gasteiger partial charge in [-0.3, -0.25) is 9.59 Å². The van der Waals surface area contributed by atoms with Gasteiger partial charge in [-0.05, 0) is 12.0 Å². The summed E-state index contributed by atoms with van der Waals surface area (Å²) in [5.74, 6) is -0.387. The molecule has 1 aromatic carbocycles. The summed E-state index contributed by atoms with van der Waals surface area (Å²) in [4.78, 5) is 23.4. The van der Waals surface area contributed by atoms with Crippen molar-refractivity contribution in [1.82, 2.24) is 5.32 Å². The van der Waals surface area contributed by atoms with Crippen molar-refractivity contribution in [2.45, 2.75) is 26.3 Å². The largest absolute Gasteiger partial charge is 0.345 e. The first-order chi connectivity index (χ1) is 8.54. The SMILES string of the molecule is CC(C)C(=O)C(Cc1ccccc1)NC(=O)CN. The van der Waals surface area contributed by atoms with Crippen LogP contribution in [0.2, 0.25) is 0 Å². The van der Waals surface area contributed by atoms with Crippen LogP contribution < -0.4 is 11.1 Å². The second kappa shape index (κ2) is 6.91. The lowest BCUT2D eigenvalue weighted by atomic mass is 9.95. The first-order valence-corrected chi connectivity index (χ1v) is 6.11. The number of Topliss-reactive ketones (excluding diaryl/α,β-unsaturated/α-hetero) is 1. The monoisotopic (exact) mass is 248 g/mol. The Morgan fingerprint density at radius 1 is 1.22 bits per heavy atom. The number of amides is 1. The van der Waals surface area contributed by atoms with Gasteiger partial charge in [-0.15, -0.1) is 0 Å². The predicted octanol–water partition coefficient (Wildman–Crippen LogP) is 0.898. The number of nitrogens with two attached hydrogens (primary N) is 1. The molecule has 0 aromatic heterocycles. The fourth-order valence-corrected chi connectivity index (χ4v) is 1.73. The Morgan fingerprint density at radius 2 is 1.83 bits per heavy atom. The van der Waals surface area contributed by atoms with E-state index in [1.54, 1.807) is 0 Å². The zero-order valence-electron chi connectivity index (χ0n) is 10.8. The van der Waals surface area contributed by atoms with Crippen molar-refractivity contribution < 1.29 is 9.59 Å². The summed E-state index contributed by atoms with van der Waals surface area (Å²) in [5, 5.41) is 2.68. The van der Waals surface area contributed by atoms with Crippen molar-refractivity contribution in [3.63, 3.8) is 0 Å². The van der Waals surface area contributed by atoms with Gasteiger partial charge in [0.05, 0.1) is 12.6 Å². The van der Waals surface area contributed by atoms with Gasteiger partial charge in [0, 0.05) is 5.92 Å². The molecule has 0 aliphatic rings. The van der Waals surface area contributed by atoms with E-state index in [2.05, 4.69) is 5.32 Å². The maximum absolute atomic E-state index is 12.0. The first-order valence-electron chi connectivity index (χ1n) is 6.11. The molecule has 4 heteroatoms. The Labute approximate surface area is 108 Å². The van der Waals surface area contributed by atoms with Crippen molar-refractivity contribution in [3.8, 4) is 0 Å². The van der Waals surface area contributed by atoms with Gasteiger partial charge in [-0.1, -0.05) is 44.2 Å². The number of benzene rings is 1. The molecule has 0 saturated carbocycles. The van der Waals surface area contributed by atoms with E-state index in [-0.39, 0.29) is 24.2 Å². The van der Waals surface area contributed by atoms with Crippen molar-refractivity contribution in [3.05, 3.63) is 35.9 Å². The Bertz CT molecular complexity index is 402. The molecule has 18 heavy (non-hydrogen) atoms. The van der Waals surface area contributed by atoms with Gasteiger partial charge < -0.3 is 11.1 Å². The van der Waals surface area contributed by atoms with Crippen molar-refractivity contribution in [2.24, 2.45) is 11.7 Å². The van der Waals surface area contributed by atoms with Crippen LogP contribution in [0.3, 0.4) is 0 Å². The summed E-state index contributed by atoms with van der Waals surface area (Å²) in [5.41, 5.74) is 6.29. The summed E-state index contributed by atoms with van der Waals surface area (Å²) in [6, 6.07) is 9.13. The van der Waals surface area contributed by atoms with Crippen molar-refractivity contribution in [1.29, 1.82) is 0 Å². The average Bonchev–Trinajstić information content (AvgIpc) is 2.38. The molecule has 4 nitrogen and oxygen atoms in total. The number of hydrogen-bond donors (Lipinski definition) is 2. The third-order valence-electron chi connectivity index (χ3n) is 2.72. The number of hydrogen-bond acceptors (Lipinski definition) is 3. The second-order valence-electron chi connectivity index (χ2n) is 4.57. The van der Waals surface area contributed by atoms with E-state index >= 15 is 0 Å². The van der Waals surface area contributed by atoms with Gasteiger partial charge in [-0.2, -0.15) is 0 Å². The highest BCUT2D eigenvalue weighted by Crippen LogP contribution is 2.08. The molecule has 0 saturated heterocycles. The molecule has 1 amide bonds. The summed E-state index contributed by atoms with van der Waals surface area (Å²) >= 11 is 0. The lowest BCUT2D eigenvalue weighted by Crippen LogP contribution is -2.46. The molecule has 1 rings (SSSR count). The summed E-state index contributed by atoms with van der Waals surface area (Å²) in [7, 11) is 0. The second-order valence-corrected chi connectivity index (χ2v) is 4.57. The standard InChI is InChI=1S/C14H20N2O2/c1-10(2)14(18)12(16-13(17)9-15)8-11-6-4-3-5-7-11/h3-7,10,12H,8-9,15H2,1-2H3,(H,16,17). The van der Waals surface area contributed by atoms with Crippen LogP contribution in [0.15, 0.2) is 30.3 Å². The van der Waals surface area contributed by atoms with E-state index in [4.69, 9.17) is 5.73 Å². The Hall–Kier alpha value is -1.68. The van der Waals surface area contributed by atoms with E-state index < -0.39 is 6.04 Å². The zero-order chi connectivity index (χ0) is 13.5. The molecule has 1 atom stereocenters. The lowest BCUT2D eigenvalue weighted by molar-refractivity contribution is -0.128. The van der Waals surface area contributed by atoms with Gasteiger partial charge in [0.1, 0.15) is 0 Å². The van der Waals surface area contributed by atoms with Crippen LogP contribution in [0.4, 0.5) is 0 Å². The highest BCUT2D eigenvalue weighted by Gasteiger charge is 2.22. The van der Waals surface area contributed by atoms with E-state index in [9.17, 15) is 9.59 Å². The molecule has 0 heterocycles. The lowest BCUT2D eigenvalue weighted by Gasteiger charge is -2.19. The molecule has 0 aliphatic carbocycles. The van der Waals surface area contributed by atoms with Gasteiger partial charge in [-0.25, -0.2) is 0 Å². The van der Waals surface area contributed by atoms with Crippen LogP contribution in [0, 0.1) is 5.92 Å². The van der Waals surface area contributed by atoms with Crippen molar-refractivity contribution >= 4 is 11.7 Å². The summed E-state index contributed by atoms with van der Waals surface area (Å²) in [6.07, 6.45) is 0.504. The summed E-state index contributed by atoms with van der Waals surface area (Å²) < 4.78 is 0. The van der Waals surface area contributed by atoms with Gasteiger partial charge >= 0.3 is 0 Å². The fourth-order valence-electron chi connectivity index (χ4n) is 1.73. The molecular weight excluding hydrogens is 228 g/mol. The normalized spacial score (nSPS) is 12.2. The molecule has 98 valence electrons. The van der Waals surface area contributed by atoms with E-state index in [0.717, 1.165) is 5.56 Å². The van der Waals surface area contributed by atoms with Crippen LogP contribution in [0.25, 0.3) is 0 Å². The van der Waals surface area contributed by atoms with Crippen LogP contribution in [-0.4, -0.2) is 24.3 Å². The van der Waals surface area contributed by atoms with E-state index in [1.165, 1.54) is 0 Å². The molecule has 1 unspecified atom stereocenters. The third-order valence-corrected chi connectivity index (χ3v) is 2.72. The molecule has 0 fully saturated rings. The first kappa shape index (κ1) is 14.4. The Kier molecular flexibility index (Phi) is 5.52. The van der Waals surface area contributed by atoms with E-state index in [0.29, 0.717) is 6.42 Å². The molecule has 0 spiro atoms. The highest BCUT2D eigenvalue weighted by molar-refractivity contribution is 5.90. The molecule has 0 bridgehead atoms. The molecule has 1 aromatic rings. The smallest absolute Gasteiger partial charge is 0.234 e. The number of ketones is 1. The Balaban J connectivity index is 2.77. The average molecular weight is 248 g/mol. The minimum Gasteiger partial charge on any atom is -0.345 e. The van der Waals surface area contributed by atoms with Crippen LogP contribution >= 0.6 is 0 Å². The molecule has 0 aliphatic heterocycles. The topological polar surface area (TPSA) is 72.2 Å².